The number of anilines is 1. The molecule has 0 aromatic heterocycles. The van der Waals surface area contributed by atoms with E-state index in [0.717, 1.165) is 11.6 Å². The average Bonchev–Trinajstić information content (AvgIpc) is 2.42. The Morgan fingerprint density at radius 1 is 1.15 bits per heavy atom. The van der Waals surface area contributed by atoms with E-state index in [-0.39, 0.29) is 10.2 Å². The van der Waals surface area contributed by atoms with Gasteiger partial charge in [-0.3, -0.25) is 4.79 Å². The number of hydrogen-bond acceptors (Lipinski definition) is 2. The van der Waals surface area contributed by atoms with Crippen molar-refractivity contribution in [1.29, 1.82) is 0 Å². The molecule has 0 fully saturated rings. The number of primary amides is 1. The largest absolute Gasteiger partial charge is 0.379 e. The molecule has 3 nitrogen and oxygen atoms in total. The topological polar surface area (TPSA) is 55.1 Å². The van der Waals surface area contributed by atoms with E-state index in [1.807, 2.05) is 0 Å². The Hall–Kier alpha value is -1.95. The van der Waals surface area contributed by atoms with E-state index in [0.29, 0.717) is 12.1 Å². The quantitative estimate of drug-likeness (QED) is 0.837. The molecule has 0 aliphatic carbocycles. The van der Waals surface area contributed by atoms with Gasteiger partial charge in [0.1, 0.15) is 11.6 Å². The minimum absolute atomic E-state index is 0.186. The van der Waals surface area contributed by atoms with Crippen LogP contribution in [0.1, 0.15) is 15.9 Å². The van der Waals surface area contributed by atoms with Crippen LogP contribution in [-0.2, 0) is 6.54 Å². The van der Waals surface area contributed by atoms with Crippen molar-refractivity contribution in [2.45, 2.75) is 6.54 Å². The molecule has 1 amide bonds. The molecule has 0 aliphatic heterocycles. The summed E-state index contributed by atoms with van der Waals surface area (Å²) in [6.45, 7) is 0.341. The first kappa shape index (κ1) is 14.5. The van der Waals surface area contributed by atoms with E-state index in [1.165, 1.54) is 6.07 Å². The molecule has 2 aromatic rings. The molecule has 0 saturated heterocycles. The maximum absolute atomic E-state index is 13.5. The second-order valence-corrected chi connectivity index (χ2v) is 5.02. The Morgan fingerprint density at radius 2 is 1.80 bits per heavy atom. The monoisotopic (exact) mass is 340 g/mol. The van der Waals surface area contributed by atoms with Crippen LogP contribution in [-0.4, -0.2) is 5.91 Å². The van der Waals surface area contributed by atoms with Crippen molar-refractivity contribution < 1.29 is 13.6 Å². The molecule has 104 valence electrons. The summed E-state index contributed by atoms with van der Waals surface area (Å²) in [7, 11) is 0. The summed E-state index contributed by atoms with van der Waals surface area (Å²) < 4.78 is 26.8. The zero-order valence-electron chi connectivity index (χ0n) is 10.3. The van der Waals surface area contributed by atoms with Crippen molar-refractivity contribution in [3.05, 3.63) is 63.6 Å². The molecule has 0 atom stereocenters. The lowest BCUT2D eigenvalue weighted by molar-refractivity contribution is 0.100. The minimum atomic E-state index is -0.667. The fraction of sp³-hybridized carbons (Fsp3) is 0.0714. The van der Waals surface area contributed by atoms with Crippen molar-refractivity contribution in [3.63, 3.8) is 0 Å². The molecule has 0 saturated carbocycles. The average molecular weight is 341 g/mol. The van der Waals surface area contributed by atoms with Crippen LogP contribution in [0.5, 0.6) is 0 Å². The van der Waals surface area contributed by atoms with Crippen LogP contribution in [0.2, 0.25) is 0 Å². The van der Waals surface area contributed by atoms with Crippen LogP contribution in [0.4, 0.5) is 14.5 Å². The fourth-order valence-electron chi connectivity index (χ4n) is 1.64. The third kappa shape index (κ3) is 3.33. The SMILES string of the molecule is NC(=O)c1ccc(CNc2cc(Br)c(F)cc2F)cc1. The highest BCUT2D eigenvalue weighted by Crippen LogP contribution is 2.24. The predicted molar refractivity (Wildman–Crippen MR) is 76.3 cm³/mol. The summed E-state index contributed by atoms with van der Waals surface area (Å²) in [5.41, 5.74) is 6.58. The van der Waals surface area contributed by atoms with E-state index >= 15 is 0 Å². The van der Waals surface area contributed by atoms with Gasteiger partial charge in [0.2, 0.25) is 5.91 Å². The number of hydrogen-bond donors (Lipinski definition) is 2. The third-order valence-corrected chi connectivity index (χ3v) is 3.34. The number of halogens is 3. The van der Waals surface area contributed by atoms with Gasteiger partial charge in [0.25, 0.3) is 0 Å². The van der Waals surface area contributed by atoms with E-state index in [1.54, 1.807) is 24.3 Å². The predicted octanol–water partition coefficient (Wildman–Crippen LogP) is 3.44. The summed E-state index contributed by atoms with van der Waals surface area (Å²) >= 11 is 3.00. The number of carbonyl (C=O) groups is 1. The van der Waals surface area contributed by atoms with Crippen LogP contribution in [0, 0.1) is 11.6 Å². The number of nitrogens with one attached hydrogen (secondary N) is 1. The molecule has 20 heavy (non-hydrogen) atoms. The second kappa shape index (κ2) is 6.00. The molecule has 0 aliphatic rings. The number of carbonyl (C=O) groups excluding carboxylic acids is 1. The van der Waals surface area contributed by atoms with Crippen molar-refractivity contribution in [3.8, 4) is 0 Å². The molecular formula is C14H11BrF2N2O. The van der Waals surface area contributed by atoms with E-state index in [2.05, 4.69) is 21.2 Å². The molecule has 6 heteroatoms. The number of nitrogens with two attached hydrogens (primary N) is 1. The minimum Gasteiger partial charge on any atom is -0.379 e. The molecule has 0 spiro atoms. The normalized spacial score (nSPS) is 10.3. The first-order chi connectivity index (χ1) is 9.47. The van der Waals surface area contributed by atoms with Gasteiger partial charge in [0.05, 0.1) is 10.2 Å². The Labute approximate surface area is 122 Å². The number of benzene rings is 2. The maximum atomic E-state index is 13.5. The summed E-state index contributed by atoms with van der Waals surface area (Å²) in [6.07, 6.45) is 0. The van der Waals surface area contributed by atoms with Gasteiger partial charge >= 0.3 is 0 Å². The maximum Gasteiger partial charge on any atom is 0.248 e. The molecular weight excluding hydrogens is 330 g/mol. The van der Waals surface area contributed by atoms with Crippen LogP contribution in [0.25, 0.3) is 0 Å². The lowest BCUT2D eigenvalue weighted by atomic mass is 10.1. The van der Waals surface area contributed by atoms with Crippen molar-refractivity contribution >= 4 is 27.5 Å². The van der Waals surface area contributed by atoms with Crippen LogP contribution in [0.3, 0.4) is 0 Å². The highest BCUT2D eigenvalue weighted by molar-refractivity contribution is 9.10. The Bertz CT molecular complexity index is 644. The Morgan fingerprint density at radius 3 is 2.40 bits per heavy atom. The number of rotatable bonds is 4. The van der Waals surface area contributed by atoms with E-state index in [4.69, 9.17) is 5.73 Å². The standard InChI is InChI=1S/C14H11BrF2N2O/c15-10-5-13(12(17)6-11(10)16)19-7-8-1-3-9(4-2-8)14(18)20/h1-6,19H,7H2,(H2,18,20). The van der Waals surface area contributed by atoms with Crippen molar-refractivity contribution in [2.75, 3.05) is 5.32 Å². The van der Waals surface area contributed by atoms with E-state index < -0.39 is 17.5 Å². The summed E-state index contributed by atoms with van der Waals surface area (Å²) in [4.78, 5) is 10.9. The molecule has 0 radical (unpaired) electrons. The van der Waals surface area contributed by atoms with Gasteiger partial charge in [0.15, 0.2) is 0 Å². The number of amides is 1. The summed E-state index contributed by atoms with van der Waals surface area (Å²) in [6, 6.07) is 8.75. The van der Waals surface area contributed by atoms with Gasteiger partial charge in [-0.1, -0.05) is 12.1 Å². The lowest BCUT2D eigenvalue weighted by Gasteiger charge is -2.09. The Balaban J connectivity index is 2.09. The van der Waals surface area contributed by atoms with Crippen LogP contribution >= 0.6 is 15.9 Å². The zero-order chi connectivity index (χ0) is 14.7. The zero-order valence-corrected chi connectivity index (χ0v) is 11.9. The molecule has 3 N–H and O–H groups in total. The van der Waals surface area contributed by atoms with Crippen molar-refractivity contribution in [2.24, 2.45) is 5.73 Å². The van der Waals surface area contributed by atoms with Crippen LogP contribution < -0.4 is 11.1 Å². The van der Waals surface area contributed by atoms with Gasteiger partial charge in [-0.05, 0) is 39.7 Å². The molecule has 2 aromatic carbocycles. The first-order valence-corrected chi connectivity index (χ1v) is 6.54. The van der Waals surface area contributed by atoms with E-state index in [9.17, 15) is 13.6 Å². The highest BCUT2D eigenvalue weighted by atomic mass is 79.9. The lowest BCUT2D eigenvalue weighted by Crippen LogP contribution is -2.10. The summed E-state index contributed by atoms with van der Waals surface area (Å²) in [5, 5.41) is 2.86. The van der Waals surface area contributed by atoms with Gasteiger partial charge in [-0.25, -0.2) is 8.78 Å². The van der Waals surface area contributed by atoms with Gasteiger partial charge in [-0.15, -0.1) is 0 Å². The molecule has 2 rings (SSSR count). The van der Waals surface area contributed by atoms with Crippen molar-refractivity contribution in [1.82, 2.24) is 0 Å². The first-order valence-electron chi connectivity index (χ1n) is 5.74. The fourth-order valence-corrected chi connectivity index (χ4v) is 1.99. The van der Waals surface area contributed by atoms with Gasteiger partial charge in [0, 0.05) is 18.2 Å². The van der Waals surface area contributed by atoms with Gasteiger partial charge in [-0.2, -0.15) is 0 Å². The molecule has 0 bridgehead atoms. The molecule has 0 unspecified atom stereocenters. The van der Waals surface area contributed by atoms with Crippen LogP contribution in [0.15, 0.2) is 40.9 Å². The van der Waals surface area contributed by atoms with Gasteiger partial charge < -0.3 is 11.1 Å². The second-order valence-electron chi connectivity index (χ2n) is 4.16. The molecule has 0 heterocycles. The third-order valence-electron chi connectivity index (χ3n) is 2.73. The Kier molecular flexibility index (Phi) is 4.34. The highest BCUT2D eigenvalue weighted by Gasteiger charge is 2.08. The summed E-state index contributed by atoms with van der Waals surface area (Å²) in [5.74, 6) is -1.82. The smallest absolute Gasteiger partial charge is 0.248 e.